The minimum Gasteiger partial charge on any atom is -0.507 e. The molecule has 2 aromatic rings. The predicted octanol–water partition coefficient (Wildman–Crippen LogP) is 4.44. The summed E-state index contributed by atoms with van der Waals surface area (Å²) in [4.78, 5) is 29.6. The van der Waals surface area contributed by atoms with Crippen LogP contribution in [0.2, 0.25) is 0 Å². The molecule has 1 fully saturated rings. The summed E-state index contributed by atoms with van der Waals surface area (Å²) in [5.41, 5.74) is 3.37. The molecule has 1 unspecified atom stereocenters. The summed E-state index contributed by atoms with van der Waals surface area (Å²) in [5, 5.41) is 11.2. The first-order chi connectivity index (χ1) is 14.2. The van der Waals surface area contributed by atoms with E-state index in [-0.39, 0.29) is 11.3 Å². The van der Waals surface area contributed by atoms with Gasteiger partial charge in [-0.05, 0) is 70.2 Å². The second-order valence-electron chi connectivity index (χ2n) is 8.02. The van der Waals surface area contributed by atoms with Gasteiger partial charge in [0.25, 0.3) is 11.7 Å². The molecule has 1 heterocycles. The molecule has 3 rings (SSSR count). The minimum absolute atomic E-state index is 0.113. The van der Waals surface area contributed by atoms with Gasteiger partial charge in [-0.2, -0.15) is 0 Å². The van der Waals surface area contributed by atoms with E-state index in [1.54, 1.807) is 4.90 Å². The lowest BCUT2D eigenvalue weighted by Gasteiger charge is -2.26. The molecule has 1 saturated heterocycles. The maximum atomic E-state index is 13.0. The van der Waals surface area contributed by atoms with Crippen LogP contribution in [0.25, 0.3) is 5.76 Å². The van der Waals surface area contributed by atoms with Gasteiger partial charge < -0.3 is 14.9 Å². The third-order valence-electron chi connectivity index (χ3n) is 5.38. The van der Waals surface area contributed by atoms with Gasteiger partial charge in [0, 0.05) is 16.6 Å². The summed E-state index contributed by atoms with van der Waals surface area (Å²) < 4.78 is 0.908. The molecule has 0 radical (unpaired) electrons. The van der Waals surface area contributed by atoms with Crippen molar-refractivity contribution in [1.82, 2.24) is 9.80 Å². The van der Waals surface area contributed by atoms with E-state index in [0.29, 0.717) is 12.1 Å². The van der Waals surface area contributed by atoms with Gasteiger partial charge >= 0.3 is 0 Å². The molecule has 1 N–H and O–H groups in total. The van der Waals surface area contributed by atoms with Gasteiger partial charge in [-0.3, -0.25) is 9.59 Å². The fourth-order valence-electron chi connectivity index (χ4n) is 3.80. The zero-order valence-electron chi connectivity index (χ0n) is 17.8. The van der Waals surface area contributed by atoms with Crippen LogP contribution < -0.4 is 0 Å². The van der Waals surface area contributed by atoms with Gasteiger partial charge in [-0.15, -0.1) is 0 Å². The van der Waals surface area contributed by atoms with Crippen LogP contribution in [0.4, 0.5) is 0 Å². The first kappa shape index (κ1) is 22.2. The van der Waals surface area contributed by atoms with E-state index in [9.17, 15) is 14.7 Å². The Morgan fingerprint density at radius 2 is 1.77 bits per heavy atom. The standard InChI is InChI=1S/C24H27BrN2O3/c1-15-6-7-16(2)19(14-15)22(28)20-21(17-8-10-18(25)11-9-17)27(24(30)23(20)29)13-5-12-26(3)4/h6-11,14,21,28H,5,12-13H2,1-4H3. The van der Waals surface area contributed by atoms with E-state index in [2.05, 4.69) is 15.9 Å². The number of hydrogen-bond donors (Lipinski definition) is 1. The topological polar surface area (TPSA) is 60.9 Å². The van der Waals surface area contributed by atoms with Crippen molar-refractivity contribution in [3.63, 3.8) is 0 Å². The summed E-state index contributed by atoms with van der Waals surface area (Å²) in [7, 11) is 3.95. The normalized spacial score (nSPS) is 18.5. The van der Waals surface area contributed by atoms with E-state index in [0.717, 1.165) is 34.1 Å². The second-order valence-corrected chi connectivity index (χ2v) is 8.93. The van der Waals surface area contributed by atoms with Gasteiger partial charge in [0.15, 0.2) is 0 Å². The van der Waals surface area contributed by atoms with Crippen LogP contribution >= 0.6 is 15.9 Å². The zero-order valence-corrected chi connectivity index (χ0v) is 19.4. The molecule has 6 heteroatoms. The summed E-state index contributed by atoms with van der Waals surface area (Å²) in [6.45, 7) is 5.05. The van der Waals surface area contributed by atoms with Crippen LogP contribution in [0, 0.1) is 13.8 Å². The number of carbonyl (C=O) groups excluding carboxylic acids is 2. The fourth-order valence-corrected chi connectivity index (χ4v) is 4.06. The smallest absolute Gasteiger partial charge is 0.295 e. The Labute approximate surface area is 186 Å². The number of Topliss-reactive ketones (excluding diaryl/α,β-unsaturated/α-hetero) is 1. The molecule has 158 valence electrons. The monoisotopic (exact) mass is 470 g/mol. The lowest BCUT2D eigenvalue weighted by Crippen LogP contribution is -2.32. The second kappa shape index (κ2) is 9.14. The van der Waals surface area contributed by atoms with E-state index >= 15 is 0 Å². The maximum Gasteiger partial charge on any atom is 0.295 e. The summed E-state index contributed by atoms with van der Waals surface area (Å²) in [5.74, 6) is -1.31. The third-order valence-corrected chi connectivity index (χ3v) is 5.91. The van der Waals surface area contributed by atoms with Crippen molar-refractivity contribution in [3.8, 4) is 0 Å². The molecular weight excluding hydrogens is 444 g/mol. The number of nitrogens with zero attached hydrogens (tertiary/aromatic N) is 2. The molecule has 0 aromatic heterocycles. The molecule has 1 atom stereocenters. The molecule has 0 spiro atoms. The van der Waals surface area contributed by atoms with Crippen molar-refractivity contribution in [2.75, 3.05) is 27.2 Å². The maximum absolute atomic E-state index is 13.0. The molecule has 1 aliphatic heterocycles. The number of ketones is 1. The first-order valence-corrected chi connectivity index (χ1v) is 10.8. The zero-order chi connectivity index (χ0) is 22.0. The number of aliphatic hydroxyl groups is 1. The SMILES string of the molecule is Cc1ccc(C)c(C(O)=C2C(=O)C(=O)N(CCCN(C)C)C2c2ccc(Br)cc2)c1. The predicted molar refractivity (Wildman–Crippen MR) is 122 cm³/mol. The summed E-state index contributed by atoms with van der Waals surface area (Å²) in [6, 6.07) is 12.6. The van der Waals surface area contributed by atoms with E-state index < -0.39 is 17.7 Å². The number of hydrogen-bond acceptors (Lipinski definition) is 4. The fraction of sp³-hybridized carbons (Fsp3) is 0.333. The average Bonchev–Trinajstić information content (AvgIpc) is 2.94. The molecule has 1 aliphatic rings. The number of rotatable bonds is 6. The molecule has 30 heavy (non-hydrogen) atoms. The van der Waals surface area contributed by atoms with Crippen LogP contribution in [-0.2, 0) is 9.59 Å². The summed E-state index contributed by atoms with van der Waals surface area (Å²) >= 11 is 3.43. The number of amides is 1. The number of likely N-dealkylation sites (tertiary alicyclic amines) is 1. The van der Waals surface area contributed by atoms with Crippen molar-refractivity contribution in [2.45, 2.75) is 26.3 Å². The highest BCUT2D eigenvalue weighted by atomic mass is 79.9. The Balaban J connectivity index is 2.13. The minimum atomic E-state index is -0.633. The molecule has 5 nitrogen and oxygen atoms in total. The first-order valence-electron chi connectivity index (χ1n) is 9.97. The van der Waals surface area contributed by atoms with Gasteiger partial charge in [-0.1, -0.05) is 45.8 Å². The molecule has 2 aromatic carbocycles. The number of carbonyl (C=O) groups is 2. The molecule has 0 saturated carbocycles. The molecule has 0 bridgehead atoms. The molecule has 1 amide bonds. The van der Waals surface area contributed by atoms with Crippen molar-refractivity contribution >= 4 is 33.4 Å². The average molecular weight is 471 g/mol. The number of aliphatic hydroxyl groups excluding tert-OH is 1. The highest BCUT2D eigenvalue weighted by molar-refractivity contribution is 9.10. The van der Waals surface area contributed by atoms with Crippen molar-refractivity contribution < 1.29 is 14.7 Å². The summed E-state index contributed by atoms with van der Waals surface area (Å²) in [6.07, 6.45) is 0.733. The van der Waals surface area contributed by atoms with Crippen LogP contribution in [0.15, 0.2) is 52.5 Å². The van der Waals surface area contributed by atoms with Gasteiger partial charge in [0.1, 0.15) is 5.76 Å². The van der Waals surface area contributed by atoms with E-state index in [1.165, 1.54) is 0 Å². The number of benzene rings is 2. The van der Waals surface area contributed by atoms with Gasteiger partial charge in [0.05, 0.1) is 11.6 Å². The van der Waals surface area contributed by atoms with Crippen molar-refractivity contribution in [1.29, 1.82) is 0 Å². The Morgan fingerprint density at radius 3 is 2.40 bits per heavy atom. The number of aryl methyl sites for hydroxylation is 2. The van der Waals surface area contributed by atoms with Gasteiger partial charge in [0.2, 0.25) is 0 Å². The quantitative estimate of drug-likeness (QED) is 0.385. The van der Waals surface area contributed by atoms with Crippen LogP contribution in [0.1, 0.15) is 34.7 Å². The Bertz CT molecular complexity index is 996. The van der Waals surface area contributed by atoms with Crippen LogP contribution in [0.3, 0.4) is 0 Å². The Kier molecular flexibility index (Phi) is 6.78. The Hall–Kier alpha value is -2.44. The van der Waals surface area contributed by atoms with Crippen LogP contribution in [0.5, 0.6) is 0 Å². The van der Waals surface area contributed by atoms with Crippen molar-refractivity contribution in [3.05, 3.63) is 74.8 Å². The highest BCUT2D eigenvalue weighted by Gasteiger charge is 2.45. The molecule has 0 aliphatic carbocycles. The van der Waals surface area contributed by atoms with Crippen LogP contribution in [-0.4, -0.2) is 53.8 Å². The highest BCUT2D eigenvalue weighted by Crippen LogP contribution is 2.40. The van der Waals surface area contributed by atoms with Crippen molar-refractivity contribution in [2.24, 2.45) is 0 Å². The van der Waals surface area contributed by atoms with Gasteiger partial charge in [-0.25, -0.2) is 0 Å². The number of halogens is 1. The Morgan fingerprint density at radius 1 is 1.10 bits per heavy atom. The largest absolute Gasteiger partial charge is 0.507 e. The lowest BCUT2D eigenvalue weighted by atomic mass is 9.93. The van der Waals surface area contributed by atoms with E-state index in [4.69, 9.17) is 0 Å². The molecular formula is C24H27BrN2O3. The third kappa shape index (κ3) is 4.50. The lowest BCUT2D eigenvalue weighted by molar-refractivity contribution is -0.139. The van der Waals surface area contributed by atoms with E-state index in [1.807, 2.05) is 75.3 Å².